The summed E-state index contributed by atoms with van der Waals surface area (Å²) in [5.74, 6) is -1.42. The van der Waals surface area contributed by atoms with E-state index in [-0.39, 0.29) is 12.8 Å². The van der Waals surface area contributed by atoms with Crippen LogP contribution >= 0.6 is 0 Å². The zero-order chi connectivity index (χ0) is 30.0. The standard InChI is InChI=1S/C29H37N5O6/c1-18-7-8-20(17-19(18)2)25(26(36)32-21-9-11-22(39-6)12-10-21)34(16-15-30)27(37)23(13-14-24(31)35)33-28(38)40-29(3,4)5/h7-12,17,23,25H,13-14,16H2,1-6H3,(H2,31,35)(H,32,36)(H,33,38). The second-order valence-electron chi connectivity index (χ2n) is 10.3. The highest BCUT2D eigenvalue weighted by Gasteiger charge is 2.36. The van der Waals surface area contributed by atoms with E-state index in [2.05, 4.69) is 10.6 Å². The quantitative estimate of drug-likeness (QED) is 0.360. The number of nitriles is 1. The molecular weight excluding hydrogens is 514 g/mol. The Hall–Kier alpha value is -4.59. The molecule has 0 spiro atoms. The lowest BCUT2D eigenvalue weighted by Crippen LogP contribution is -2.52. The summed E-state index contributed by atoms with van der Waals surface area (Å²) < 4.78 is 10.5. The molecule has 0 heterocycles. The van der Waals surface area contributed by atoms with Gasteiger partial charge in [-0.1, -0.05) is 18.2 Å². The van der Waals surface area contributed by atoms with Crippen LogP contribution in [0, 0.1) is 25.2 Å². The van der Waals surface area contributed by atoms with Crippen LogP contribution in [0.25, 0.3) is 0 Å². The molecule has 0 radical (unpaired) electrons. The molecule has 2 rings (SSSR count). The molecule has 2 atom stereocenters. The van der Waals surface area contributed by atoms with Crippen molar-refractivity contribution in [3.05, 3.63) is 59.2 Å². The molecule has 2 aromatic rings. The highest BCUT2D eigenvalue weighted by Crippen LogP contribution is 2.27. The maximum atomic E-state index is 13.9. The van der Waals surface area contributed by atoms with E-state index in [1.165, 1.54) is 7.11 Å². The number of primary amides is 1. The second kappa shape index (κ2) is 14.0. The molecule has 214 valence electrons. The van der Waals surface area contributed by atoms with Gasteiger partial charge in [-0.05, 0) is 82.0 Å². The number of alkyl carbamates (subject to hydrolysis) is 1. The molecule has 11 heteroatoms. The van der Waals surface area contributed by atoms with Crippen LogP contribution < -0.4 is 21.1 Å². The highest BCUT2D eigenvalue weighted by atomic mass is 16.6. The first kappa shape index (κ1) is 31.6. The zero-order valence-corrected chi connectivity index (χ0v) is 23.7. The van der Waals surface area contributed by atoms with Crippen molar-refractivity contribution in [1.82, 2.24) is 10.2 Å². The molecule has 11 nitrogen and oxygen atoms in total. The van der Waals surface area contributed by atoms with Crippen LogP contribution in [-0.4, -0.2) is 54.0 Å². The van der Waals surface area contributed by atoms with Crippen molar-refractivity contribution in [2.75, 3.05) is 19.0 Å². The lowest BCUT2D eigenvalue weighted by atomic mass is 9.98. The third-order valence-corrected chi connectivity index (χ3v) is 5.96. The second-order valence-corrected chi connectivity index (χ2v) is 10.3. The number of carbonyl (C=O) groups excluding carboxylic acids is 4. The Morgan fingerprint density at radius 3 is 2.23 bits per heavy atom. The molecule has 0 aliphatic heterocycles. The predicted molar refractivity (Wildman–Crippen MR) is 149 cm³/mol. The average Bonchev–Trinajstić information content (AvgIpc) is 2.87. The van der Waals surface area contributed by atoms with E-state index >= 15 is 0 Å². The Morgan fingerprint density at radius 1 is 1.05 bits per heavy atom. The van der Waals surface area contributed by atoms with Gasteiger partial charge >= 0.3 is 6.09 Å². The van der Waals surface area contributed by atoms with Crippen LogP contribution in [-0.2, 0) is 19.1 Å². The summed E-state index contributed by atoms with van der Waals surface area (Å²) in [6.45, 7) is 8.29. The van der Waals surface area contributed by atoms with Crippen molar-refractivity contribution in [1.29, 1.82) is 5.26 Å². The fraction of sp³-hybridized carbons (Fsp3) is 0.414. The summed E-state index contributed by atoms with van der Waals surface area (Å²) >= 11 is 0. The number of ether oxygens (including phenoxy) is 2. The Balaban J connectivity index is 2.53. The number of nitrogens with zero attached hydrogens (tertiary/aromatic N) is 2. The number of hydrogen-bond donors (Lipinski definition) is 3. The minimum absolute atomic E-state index is 0.158. The number of nitrogens with one attached hydrogen (secondary N) is 2. The van der Waals surface area contributed by atoms with Crippen LogP contribution in [0.4, 0.5) is 10.5 Å². The van der Waals surface area contributed by atoms with E-state index in [1.54, 1.807) is 57.2 Å². The van der Waals surface area contributed by atoms with Crippen LogP contribution in [0.1, 0.15) is 56.3 Å². The van der Waals surface area contributed by atoms with Gasteiger partial charge in [0.25, 0.3) is 5.91 Å². The average molecular weight is 552 g/mol. The molecule has 2 aromatic carbocycles. The number of rotatable bonds is 11. The van der Waals surface area contributed by atoms with Crippen LogP contribution in [0.15, 0.2) is 42.5 Å². The smallest absolute Gasteiger partial charge is 0.408 e. The monoisotopic (exact) mass is 551 g/mol. The Bertz CT molecular complexity index is 1260. The predicted octanol–water partition coefficient (Wildman–Crippen LogP) is 3.50. The number of anilines is 1. The summed E-state index contributed by atoms with van der Waals surface area (Å²) in [5, 5.41) is 14.9. The van der Waals surface area contributed by atoms with Crippen LogP contribution in [0.2, 0.25) is 0 Å². The first-order valence-electron chi connectivity index (χ1n) is 12.7. The molecule has 0 fully saturated rings. The maximum absolute atomic E-state index is 13.9. The molecule has 0 aliphatic rings. The molecule has 2 unspecified atom stereocenters. The van der Waals surface area contributed by atoms with Crippen molar-refractivity contribution in [3.8, 4) is 11.8 Å². The van der Waals surface area contributed by atoms with Gasteiger partial charge in [-0.15, -0.1) is 0 Å². The Morgan fingerprint density at radius 2 is 1.70 bits per heavy atom. The molecule has 0 aliphatic carbocycles. The van der Waals surface area contributed by atoms with E-state index in [4.69, 9.17) is 15.2 Å². The van der Waals surface area contributed by atoms with Gasteiger partial charge in [-0.25, -0.2) is 4.79 Å². The summed E-state index contributed by atoms with van der Waals surface area (Å²) in [6, 6.07) is 11.3. The van der Waals surface area contributed by atoms with Crippen molar-refractivity contribution in [2.45, 2.75) is 65.1 Å². The van der Waals surface area contributed by atoms with Gasteiger partial charge in [0.1, 0.15) is 30.0 Å². The van der Waals surface area contributed by atoms with Crippen LogP contribution in [0.3, 0.4) is 0 Å². The number of carbonyl (C=O) groups is 4. The number of nitrogens with two attached hydrogens (primary N) is 1. The lowest BCUT2D eigenvalue weighted by molar-refractivity contribution is -0.140. The van der Waals surface area contributed by atoms with E-state index in [0.29, 0.717) is 17.0 Å². The summed E-state index contributed by atoms with van der Waals surface area (Å²) in [4.78, 5) is 52.9. The van der Waals surface area contributed by atoms with Gasteiger partial charge in [0.2, 0.25) is 11.8 Å². The van der Waals surface area contributed by atoms with Gasteiger partial charge in [0, 0.05) is 12.1 Å². The van der Waals surface area contributed by atoms with Gasteiger partial charge in [-0.3, -0.25) is 14.4 Å². The Kier molecular flexibility index (Phi) is 11.1. The molecular formula is C29H37N5O6. The number of hydrogen-bond acceptors (Lipinski definition) is 7. The van der Waals surface area contributed by atoms with E-state index in [1.807, 2.05) is 26.0 Å². The number of aryl methyl sites for hydroxylation is 2. The summed E-state index contributed by atoms with van der Waals surface area (Å²) in [7, 11) is 1.52. The SMILES string of the molecule is COc1ccc(NC(=O)C(c2ccc(C)c(C)c2)N(CC#N)C(=O)C(CCC(N)=O)NC(=O)OC(C)(C)C)cc1. The Labute approximate surface area is 234 Å². The van der Waals surface area contributed by atoms with Gasteiger partial charge < -0.3 is 30.7 Å². The van der Waals surface area contributed by atoms with Crippen LogP contribution in [0.5, 0.6) is 5.75 Å². The topological polar surface area (TPSA) is 164 Å². The maximum Gasteiger partial charge on any atom is 0.408 e. The molecule has 0 saturated heterocycles. The third kappa shape index (κ3) is 9.31. The van der Waals surface area contributed by atoms with E-state index in [0.717, 1.165) is 16.0 Å². The third-order valence-electron chi connectivity index (χ3n) is 5.96. The molecule has 4 N–H and O–H groups in total. The highest BCUT2D eigenvalue weighted by molar-refractivity contribution is 5.99. The van der Waals surface area contributed by atoms with Gasteiger partial charge in [-0.2, -0.15) is 5.26 Å². The van der Waals surface area contributed by atoms with Crippen molar-refractivity contribution >= 4 is 29.5 Å². The van der Waals surface area contributed by atoms with Gasteiger partial charge in [0.05, 0.1) is 13.2 Å². The van der Waals surface area contributed by atoms with E-state index in [9.17, 15) is 24.4 Å². The summed E-state index contributed by atoms with van der Waals surface area (Å²) in [6.07, 6.45) is -1.27. The first-order valence-corrected chi connectivity index (χ1v) is 12.7. The normalized spacial score (nSPS) is 12.3. The number of amides is 4. The lowest BCUT2D eigenvalue weighted by Gasteiger charge is -2.33. The molecule has 0 bridgehead atoms. The fourth-order valence-corrected chi connectivity index (χ4v) is 3.86. The molecule has 4 amide bonds. The minimum atomic E-state index is -1.29. The molecule has 0 saturated carbocycles. The largest absolute Gasteiger partial charge is 0.497 e. The summed E-state index contributed by atoms with van der Waals surface area (Å²) in [5.41, 5.74) is 7.22. The van der Waals surface area contributed by atoms with Crippen molar-refractivity contribution in [2.24, 2.45) is 5.73 Å². The van der Waals surface area contributed by atoms with Crippen molar-refractivity contribution in [3.63, 3.8) is 0 Å². The minimum Gasteiger partial charge on any atom is -0.497 e. The zero-order valence-electron chi connectivity index (χ0n) is 23.7. The number of benzene rings is 2. The van der Waals surface area contributed by atoms with Crippen molar-refractivity contribution < 1.29 is 28.7 Å². The van der Waals surface area contributed by atoms with E-state index < -0.39 is 48.0 Å². The number of methoxy groups -OCH3 is 1. The molecule has 0 aromatic heterocycles. The van der Waals surface area contributed by atoms with Gasteiger partial charge in [0.15, 0.2) is 0 Å². The fourth-order valence-electron chi connectivity index (χ4n) is 3.86. The first-order chi connectivity index (χ1) is 18.7. The molecule has 40 heavy (non-hydrogen) atoms.